The standard InChI is InChI=1S/C22H25N5O7/c28-19(24-9-4-10-25(12-11-24)22(31)32)15-33-23-20(29)18-8-7-17-13-26(18)21(30)27(17)34-14-16-5-2-1-3-6-16/h1-6,10-12,17-18H,7-9,13-15H2,(H,23,29)(H,31,32)/t17-,18+/m1/s1. The molecule has 3 heterocycles. The highest BCUT2D eigenvalue weighted by Crippen LogP contribution is 2.30. The molecule has 2 N–H and O–H groups in total. The molecule has 3 aliphatic heterocycles. The zero-order valence-electron chi connectivity index (χ0n) is 18.3. The average molecular weight is 471 g/mol. The number of carbonyl (C=O) groups is 4. The second-order valence-corrected chi connectivity index (χ2v) is 7.94. The molecule has 12 heteroatoms. The van der Waals surface area contributed by atoms with E-state index in [4.69, 9.17) is 14.8 Å². The van der Waals surface area contributed by atoms with E-state index in [1.165, 1.54) is 39.5 Å². The monoisotopic (exact) mass is 471 g/mol. The van der Waals surface area contributed by atoms with Gasteiger partial charge < -0.3 is 14.9 Å². The Kier molecular flexibility index (Phi) is 7.09. The zero-order valence-corrected chi connectivity index (χ0v) is 18.3. The van der Waals surface area contributed by atoms with Crippen LogP contribution in [0, 0.1) is 0 Å². The molecule has 0 aromatic heterocycles. The van der Waals surface area contributed by atoms with Crippen LogP contribution in [0.4, 0.5) is 9.59 Å². The van der Waals surface area contributed by atoms with E-state index >= 15 is 0 Å². The second kappa shape index (κ2) is 10.4. The molecule has 5 amide bonds. The van der Waals surface area contributed by atoms with Crippen molar-refractivity contribution in [2.75, 3.05) is 19.7 Å². The molecule has 4 rings (SSSR count). The van der Waals surface area contributed by atoms with E-state index in [0.717, 1.165) is 10.5 Å². The van der Waals surface area contributed by atoms with Gasteiger partial charge >= 0.3 is 12.1 Å². The number of urea groups is 1. The third kappa shape index (κ3) is 5.18. The Hall–Kier alpha value is -3.90. The topological polar surface area (TPSA) is 132 Å². The summed E-state index contributed by atoms with van der Waals surface area (Å²) in [5, 5.41) is 10.3. The smallest absolute Gasteiger partial charge is 0.415 e. The first-order valence-electron chi connectivity index (χ1n) is 10.8. The molecular weight excluding hydrogens is 446 g/mol. The molecule has 0 radical (unpaired) electrons. The first-order chi connectivity index (χ1) is 16.4. The third-order valence-corrected chi connectivity index (χ3v) is 5.72. The number of amides is 5. The van der Waals surface area contributed by atoms with Crippen molar-refractivity contribution in [3.8, 4) is 0 Å². The second-order valence-electron chi connectivity index (χ2n) is 7.94. The molecule has 0 unspecified atom stereocenters. The van der Waals surface area contributed by atoms with Gasteiger partial charge in [0.05, 0.1) is 6.04 Å². The Morgan fingerprint density at radius 2 is 1.88 bits per heavy atom. The fourth-order valence-electron chi connectivity index (χ4n) is 3.96. The van der Waals surface area contributed by atoms with Crippen LogP contribution in [0.15, 0.2) is 55.0 Å². The van der Waals surface area contributed by atoms with Crippen molar-refractivity contribution in [1.29, 1.82) is 0 Å². The number of piperidine rings is 1. The molecule has 1 aromatic carbocycles. The van der Waals surface area contributed by atoms with Crippen LogP contribution in [-0.4, -0.2) is 80.6 Å². The van der Waals surface area contributed by atoms with E-state index in [1.54, 1.807) is 0 Å². The van der Waals surface area contributed by atoms with Gasteiger partial charge in [0.1, 0.15) is 12.6 Å². The van der Waals surface area contributed by atoms with Crippen molar-refractivity contribution >= 4 is 23.9 Å². The van der Waals surface area contributed by atoms with Gasteiger partial charge in [0, 0.05) is 31.7 Å². The molecular formula is C22H25N5O7. The normalized spacial score (nSPS) is 21.6. The number of carboxylic acid groups (broad SMARTS) is 1. The number of rotatable bonds is 7. The number of fused-ring (bicyclic) bond motifs is 2. The summed E-state index contributed by atoms with van der Waals surface area (Å²) in [7, 11) is 0. The van der Waals surface area contributed by atoms with Crippen molar-refractivity contribution in [1.82, 2.24) is 25.2 Å². The van der Waals surface area contributed by atoms with Crippen LogP contribution >= 0.6 is 0 Å². The maximum Gasteiger partial charge on any atom is 0.415 e. The molecule has 2 atom stereocenters. The summed E-state index contributed by atoms with van der Waals surface area (Å²) in [6.45, 7) is 0.327. The maximum absolute atomic E-state index is 12.8. The van der Waals surface area contributed by atoms with Crippen molar-refractivity contribution in [3.63, 3.8) is 0 Å². The van der Waals surface area contributed by atoms with E-state index in [-0.39, 0.29) is 25.2 Å². The van der Waals surface area contributed by atoms with E-state index in [1.807, 2.05) is 30.3 Å². The SMILES string of the molecule is O=C(NOCC(=O)N1C=CN(C(=O)O)C=CC1)[C@@H]1CC[C@@H]2CN1C(=O)N2OCc1ccccc1. The molecule has 180 valence electrons. The van der Waals surface area contributed by atoms with Crippen LogP contribution in [0.5, 0.6) is 0 Å². The fourth-order valence-corrected chi connectivity index (χ4v) is 3.96. The van der Waals surface area contributed by atoms with Gasteiger partial charge in [-0.05, 0) is 24.5 Å². The molecule has 34 heavy (non-hydrogen) atoms. The van der Waals surface area contributed by atoms with Crippen molar-refractivity contribution in [2.45, 2.75) is 31.5 Å². The number of nitrogens with zero attached hydrogens (tertiary/aromatic N) is 4. The summed E-state index contributed by atoms with van der Waals surface area (Å²) in [6.07, 6.45) is 5.23. The number of hydrogen-bond acceptors (Lipinski definition) is 6. The lowest BCUT2D eigenvalue weighted by Gasteiger charge is -2.29. The van der Waals surface area contributed by atoms with Gasteiger partial charge in [-0.25, -0.2) is 15.1 Å². The summed E-state index contributed by atoms with van der Waals surface area (Å²) in [4.78, 5) is 63.2. The number of benzene rings is 1. The summed E-state index contributed by atoms with van der Waals surface area (Å²) >= 11 is 0. The lowest BCUT2D eigenvalue weighted by Crippen LogP contribution is -2.50. The lowest BCUT2D eigenvalue weighted by atomic mass is 10.0. The summed E-state index contributed by atoms with van der Waals surface area (Å²) in [6, 6.07) is 8.26. The quantitative estimate of drug-likeness (QED) is 0.572. The number of carbonyl (C=O) groups excluding carboxylic acids is 3. The Labute approximate surface area is 195 Å². The van der Waals surface area contributed by atoms with Gasteiger partial charge in [0.2, 0.25) is 0 Å². The third-order valence-electron chi connectivity index (χ3n) is 5.72. The van der Waals surface area contributed by atoms with E-state index < -0.39 is 30.6 Å². The van der Waals surface area contributed by atoms with Crippen LogP contribution in [0.25, 0.3) is 0 Å². The molecule has 2 saturated heterocycles. The number of nitrogens with one attached hydrogen (secondary N) is 1. The minimum Gasteiger partial charge on any atom is -0.464 e. The Morgan fingerprint density at radius 3 is 2.65 bits per heavy atom. The molecule has 0 saturated carbocycles. The van der Waals surface area contributed by atoms with Crippen LogP contribution < -0.4 is 5.48 Å². The highest BCUT2D eigenvalue weighted by atomic mass is 16.7. The minimum absolute atomic E-state index is 0.129. The van der Waals surface area contributed by atoms with Crippen LogP contribution in [0.3, 0.4) is 0 Å². The van der Waals surface area contributed by atoms with Gasteiger partial charge in [0.25, 0.3) is 11.8 Å². The Bertz CT molecular complexity index is 999. The number of hydroxylamine groups is 3. The molecule has 2 fully saturated rings. The largest absolute Gasteiger partial charge is 0.464 e. The summed E-state index contributed by atoms with van der Waals surface area (Å²) in [5.41, 5.74) is 3.19. The molecule has 2 bridgehead atoms. The van der Waals surface area contributed by atoms with Gasteiger partial charge in [0.15, 0.2) is 6.61 Å². The fraction of sp³-hybridized carbons (Fsp3) is 0.364. The Balaban J connectivity index is 1.24. The molecule has 1 aromatic rings. The van der Waals surface area contributed by atoms with Gasteiger partial charge in [-0.15, -0.1) is 0 Å². The van der Waals surface area contributed by atoms with Gasteiger partial charge in [-0.1, -0.05) is 30.3 Å². The van der Waals surface area contributed by atoms with E-state index in [2.05, 4.69) is 5.48 Å². The van der Waals surface area contributed by atoms with Crippen molar-refractivity contribution in [2.24, 2.45) is 0 Å². The van der Waals surface area contributed by atoms with Crippen LogP contribution in [0.1, 0.15) is 18.4 Å². The number of hydrogen-bond donors (Lipinski definition) is 2. The molecule has 0 spiro atoms. The van der Waals surface area contributed by atoms with E-state index in [0.29, 0.717) is 19.4 Å². The van der Waals surface area contributed by atoms with Gasteiger partial charge in [-0.2, -0.15) is 5.06 Å². The zero-order chi connectivity index (χ0) is 24.1. The minimum atomic E-state index is -1.18. The summed E-state index contributed by atoms with van der Waals surface area (Å²) in [5.74, 6) is -0.997. The maximum atomic E-state index is 12.8. The predicted molar refractivity (Wildman–Crippen MR) is 116 cm³/mol. The van der Waals surface area contributed by atoms with Crippen molar-refractivity contribution in [3.05, 3.63) is 60.6 Å². The Morgan fingerprint density at radius 1 is 1.09 bits per heavy atom. The molecule has 12 nitrogen and oxygen atoms in total. The van der Waals surface area contributed by atoms with E-state index in [9.17, 15) is 19.2 Å². The van der Waals surface area contributed by atoms with Crippen LogP contribution in [0.2, 0.25) is 0 Å². The first kappa shape index (κ1) is 23.3. The lowest BCUT2D eigenvalue weighted by molar-refractivity contribution is -0.146. The molecule has 0 aliphatic carbocycles. The molecule has 3 aliphatic rings. The predicted octanol–water partition coefficient (Wildman–Crippen LogP) is 1.24. The van der Waals surface area contributed by atoms with Crippen molar-refractivity contribution < 1.29 is 34.0 Å². The summed E-state index contributed by atoms with van der Waals surface area (Å²) < 4.78 is 0. The average Bonchev–Trinajstić information content (AvgIpc) is 3.00. The highest BCUT2D eigenvalue weighted by Gasteiger charge is 2.48. The van der Waals surface area contributed by atoms with Crippen LogP contribution in [-0.2, 0) is 25.9 Å². The highest BCUT2D eigenvalue weighted by molar-refractivity contribution is 5.88. The first-order valence-corrected chi connectivity index (χ1v) is 10.8. The van der Waals surface area contributed by atoms with Gasteiger partial charge in [-0.3, -0.25) is 24.2 Å².